The van der Waals surface area contributed by atoms with E-state index in [0.717, 1.165) is 12.1 Å². The second kappa shape index (κ2) is 6.03. The summed E-state index contributed by atoms with van der Waals surface area (Å²) in [6, 6.07) is 6.97. The molecule has 0 radical (unpaired) electrons. The van der Waals surface area contributed by atoms with Gasteiger partial charge in [0.2, 0.25) is 0 Å². The molecule has 2 rings (SSSR count). The van der Waals surface area contributed by atoms with Crippen molar-refractivity contribution in [1.82, 2.24) is 0 Å². The van der Waals surface area contributed by atoms with Gasteiger partial charge in [0.1, 0.15) is 10.7 Å². The van der Waals surface area contributed by atoms with Crippen LogP contribution in [0.4, 0.5) is 20.2 Å². The summed E-state index contributed by atoms with van der Waals surface area (Å²) >= 11 is 13.8. The maximum absolute atomic E-state index is 13.8. The van der Waals surface area contributed by atoms with Crippen molar-refractivity contribution >= 4 is 56.1 Å². The van der Waals surface area contributed by atoms with E-state index >= 15 is 0 Å². The first-order valence-electron chi connectivity index (χ1n) is 5.39. The number of halogens is 4. The van der Waals surface area contributed by atoms with Crippen molar-refractivity contribution in [3.63, 3.8) is 0 Å². The summed E-state index contributed by atoms with van der Waals surface area (Å²) in [4.78, 5) is 0.0992. The van der Waals surface area contributed by atoms with E-state index in [1.54, 1.807) is 12.1 Å². The average molecular weight is 378 g/mol. The number of nitrogens with two attached hydrogens (primary N) is 1. The number of hydrogen-bond donors (Lipinski definition) is 2. The fourth-order valence-electron chi connectivity index (χ4n) is 1.63. The van der Waals surface area contributed by atoms with Gasteiger partial charge in [-0.1, -0.05) is 39.7 Å². The molecule has 0 spiro atoms. The van der Waals surface area contributed by atoms with Crippen LogP contribution in [-0.4, -0.2) is 4.99 Å². The molecular weight excluding hydrogens is 370 g/mol. The fourth-order valence-corrected chi connectivity index (χ4v) is 2.38. The van der Waals surface area contributed by atoms with E-state index in [1.807, 2.05) is 0 Å². The third-order valence-electron chi connectivity index (χ3n) is 2.51. The molecule has 3 N–H and O–H groups in total. The molecule has 0 amide bonds. The van der Waals surface area contributed by atoms with E-state index < -0.39 is 11.6 Å². The summed E-state index contributed by atoms with van der Waals surface area (Å²) in [6.45, 7) is 0. The Morgan fingerprint density at radius 1 is 1.20 bits per heavy atom. The molecule has 0 saturated heterocycles. The Balaban J connectivity index is 2.50. The van der Waals surface area contributed by atoms with Gasteiger partial charge in [-0.2, -0.15) is 0 Å². The fraction of sp³-hybridized carbons (Fsp3) is 0. The Morgan fingerprint density at radius 2 is 1.80 bits per heavy atom. The van der Waals surface area contributed by atoms with Gasteiger partial charge in [-0.3, -0.25) is 0 Å². The maximum Gasteiger partial charge on any atom is 0.150 e. The zero-order valence-corrected chi connectivity index (χ0v) is 13.0. The van der Waals surface area contributed by atoms with E-state index in [9.17, 15) is 8.78 Å². The van der Waals surface area contributed by atoms with Gasteiger partial charge in [-0.25, -0.2) is 8.78 Å². The van der Waals surface area contributed by atoms with E-state index in [2.05, 4.69) is 21.2 Å². The van der Waals surface area contributed by atoms with Crippen LogP contribution in [0.3, 0.4) is 0 Å². The SMILES string of the molecule is NC(=S)c1ccc(Cl)cc1Nc1c(F)cc(Br)cc1F. The first-order chi connectivity index (χ1) is 9.38. The van der Waals surface area contributed by atoms with Crippen molar-refractivity contribution < 1.29 is 8.78 Å². The molecule has 0 bridgehead atoms. The normalized spacial score (nSPS) is 10.4. The van der Waals surface area contributed by atoms with Crippen molar-refractivity contribution in [2.45, 2.75) is 0 Å². The molecule has 0 aliphatic carbocycles. The first-order valence-corrected chi connectivity index (χ1v) is 6.97. The van der Waals surface area contributed by atoms with Crippen LogP contribution in [-0.2, 0) is 0 Å². The number of rotatable bonds is 3. The maximum atomic E-state index is 13.8. The zero-order chi connectivity index (χ0) is 14.9. The first kappa shape index (κ1) is 15.2. The smallest absolute Gasteiger partial charge is 0.150 e. The van der Waals surface area contributed by atoms with Gasteiger partial charge in [0, 0.05) is 15.1 Å². The Hall–Kier alpha value is -1.24. The van der Waals surface area contributed by atoms with Gasteiger partial charge >= 0.3 is 0 Å². The van der Waals surface area contributed by atoms with Crippen LogP contribution in [0.5, 0.6) is 0 Å². The third-order valence-corrected chi connectivity index (χ3v) is 3.43. The molecule has 0 aromatic heterocycles. The third kappa shape index (κ3) is 3.26. The lowest BCUT2D eigenvalue weighted by molar-refractivity contribution is 0.589. The minimum Gasteiger partial charge on any atom is -0.389 e. The molecular formula is C13H8BrClF2N2S. The summed E-state index contributed by atoms with van der Waals surface area (Å²) in [5, 5.41) is 3.03. The summed E-state index contributed by atoms with van der Waals surface area (Å²) in [5.41, 5.74) is 6.06. The molecule has 0 unspecified atom stereocenters. The quantitative estimate of drug-likeness (QED) is 0.758. The summed E-state index contributed by atoms with van der Waals surface area (Å²) in [7, 11) is 0. The molecule has 0 saturated carbocycles. The minimum absolute atomic E-state index is 0.0992. The molecule has 7 heteroatoms. The van der Waals surface area contributed by atoms with Crippen LogP contribution in [0.25, 0.3) is 0 Å². The van der Waals surface area contributed by atoms with Crippen LogP contribution >= 0.6 is 39.7 Å². The molecule has 0 atom stereocenters. The van der Waals surface area contributed by atoms with Crippen LogP contribution in [0.1, 0.15) is 5.56 Å². The van der Waals surface area contributed by atoms with Crippen LogP contribution in [0.2, 0.25) is 5.02 Å². The number of benzene rings is 2. The van der Waals surface area contributed by atoms with Gasteiger partial charge in [-0.05, 0) is 30.3 Å². The second-order valence-corrected chi connectivity index (χ2v) is 5.72. The molecule has 0 aliphatic rings. The van der Waals surface area contributed by atoms with Crippen LogP contribution in [0.15, 0.2) is 34.8 Å². The summed E-state index contributed by atoms with van der Waals surface area (Å²) < 4.78 is 27.9. The van der Waals surface area contributed by atoms with Crippen molar-refractivity contribution in [3.8, 4) is 0 Å². The molecule has 0 fully saturated rings. The highest BCUT2D eigenvalue weighted by Crippen LogP contribution is 2.30. The van der Waals surface area contributed by atoms with Crippen molar-refractivity contribution in [3.05, 3.63) is 57.0 Å². The predicted octanol–water partition coefficient (Wildman–Crippen LogP) is 4.76. The molecule has 2 aromatic rings. The zero-order valence-electron chi connectivity index (χ0n) is 9.88. The average Bonchev–Trinajstić information content (AvgIpc) is 2.33. The topological polar surface area (TPSA) is 38.0 Å². The molecule has 2 aromatic carbocycles. The van der Waals surface area contributed by atoms with Crippen molar-refractivity contribution in [1.29, 1.82) is 0 Å². The highest BCUT2D eigenvalue weighted by atomic mass is 79.9. The largest absolute Gasteiger partial charge is 0.389 e. The summed E-state index contributed by atoms with van der Waals surface area (Å²) in [5.74, 6) is -1.49. The monoisotopic (exact) mass is 376 g/mol. The van der Waals surface area contributed by atoms with E-state index in [0.29, 0.717) is 20.7 Å². The molecule has 104 valence electrons. The lowest BCUT2D eigenvalue weighted by Gasteiger charge is -2.13. The van der Waals surface area contributed by atoms with E-state index in [-0.39, 0.29) is 10.7 Å². The Bertz CT molecular complexity index is 671. The van der Waals surface area contributed by atoms with Crippen LogP contribution in [0, 0.1) is 11.6 Å². The Kier molecular flexibility index (Phi) is 4.57. The number of hydrogen-bond acceptors (Lipinski definition) is 2. The molecule has 20 heavy (non-hydrogen) atoms. The van der Waals surface area contributed by atoms with Gasteiger partial charge in [0.15, 0.2) is 11.6 Å². The van der Waals surface area contributed by atoms with Crippen molar-refractivity contribution in [2.75, 3.05) is 5.32 Å². The number of anilines is 2. The van der Waals surface area contributed by atoms with E-state index in [1.165, 1.54) is 6.07 Å². The lowest BCUT2D eigenvalue weighted by Crippen LogP contribution is -2.12. The molecule has 0 heterocycles. The Morgan fingerprint density at radius 3 is 2.35 bits per heavy atom. The van der Waals surface area contributed by atoms with Gasteiger partial charge in [-0.15, -0.1) is 0 Å². The number of thiocarbonyl (C=S) groups is 1. The standard InChI is InChI=1S/C13H8BrClF2N2S/c14-6-3-9(16)12(10(17)4-6)19-11-5-7(15)1-2-8(11)13(18)20/h1-5,19H,(H2,18,20). The van der Waals surface area contributed by atoms with Gasteiger partial charge in [0.05, 0.1) is 5.69 Å². The highest BCUT2D eigenvalue weighted by molar-refractivity contribution is 9.10. The second-order valence-electron chi connectivity index (χ2n) is 3.92. The van der Waals surface area contributed by atoms with Crippen LogP contribution < -0.4 is 11.1 Å². The molecule has 2 nitrogen and oxygen atoms in total. The predicted molar refractivity (Wildman–Crippen MR) is 84.7 cm³/mol. The number of nitrogens with one attached hydrogen (secondary N) is 1. The lowest BCUT2D eigenvalue weighted by atomic mass is 10.1. The van der Waals surface area contributed by atoms with Gasteiger partial charge < -0.3 is 11.1 Å². The molecule has 0 aliphatic heterocycles. The van der Waals surface area contributed by atoms with Gasteiger partial charge in [0.25, 0.3) is 0 Å². The Labute approximate surface area is 133 Å². The summed E-state index contributed by atoms with van der Waals surface area (Å²) in [6.07, 6.45) is 0. The van der Waals surface area contributed by atoms with Crippen molar-refractivity contribution in [2.24, 2.45) is 5.73 Å². The minimum atomic E-state index is -0.745. The van der Waals surface area contributed by atoms with E-state index in [4.69, 9.17) is 29.6 Å². The highest BCUT2D eigenvalue weighted by Gasteiger charge is 2.14.